The minimum atomic E-state index is -0.609. The number of amides is 1. The summed E-state index contributed by atoms with van der Waals surface area (Å²) in [7, 11) is 1.67. The molecule has 0 atom stereocenters. The maximum absolute atomic E-state index is 12.3. The second-order valence-corrected chi connectivity index (χ2v) is 5.20. The summed E-state index contributed by atoms with van der Waals surface area (Å²) in [6.45, 7) is 1.88. The van der Waals surface area contributed by atoms with Crippen molar-refractivity contribution >= 4 is 29.2 Å². The zero-order valence-corrected chi connectivity index (χ0v) is 12.8. The molecule has 0 bridgehead atoms. The van der Waals surface area contributed by atoms with E-state index in [1.165, 1.54) is 9.47 Å². The van der Waals surface area contributed by atoms with Crippen LogP contribution in [0.4, 0.5) is 5.69 Å². The Morgan fingerprint density at radius 1 is 1.41 bits per heavy atom. The zero-order valence-electron chi connectivity index (χ0n) is 12.0. The Balaban J connectivity index is 2.21. The molecule has 0 radical (unpaired) electrons. The number of hydrogen-bond acceptors (Lipinski definition) is 5. The number of hydrogen-bond donors (Lipinski definition) is 0. The van der Waals surface area contributed by atoms with Gasteiger partial charge in [0.1, 0.15) is 6.54 Å². The molecule has 1 amide bonds. The van der Waals surface area contributed by atoms with Crippen molar-refractivity contribution in [3.63, 3.8) is 0 Å². The van der Waals surface area contributed by atoms with Crippen molar-refractivity contribution in [3.8, 4) is 11.4 Å². The predicted molar refractivity (Wildman–Crippen MR) is 79.8 cm³/mol. The predicted octanol–water partition coefficient (Wildman–Crippen LogP) is 1.75. The molecule has 0 aliphatic carbocycles. The van der Waals surface area contributed by atoms with Gasteiger partial charge in [-0.1, -0.05) is 11.6 Å². The molecule has 0 unspecified atom stereocenters. The van der Waals surface area contributed by atoms with Gasteiger partial charge in [0, 0.05) is 17.6 Å². The lowest BCUT2D eigenvalue weighted by Gasteiger charge is -2.16. The van der Waals surface area contributed by atoms with Crippen molar-refractivity contribution in [2.75, 3.05) is 18.6 Å². The molecule has 0 N–H and O–H groups in total. The van der Waals surface area contributed by atoms with E-state index >= 15 is 0 Å². The Labute approximate surface area is 131 Å². The average molecular weight is 321 g/mol. The van der Waals surface area contributed by atoms with E-state index in [2.05, 4.69) is 10.2 Å². The molecular weight excluding hydrogens is 308 g/mol. The first-order valence-corrected chi connectivity index (χ1v) is 7.07. The van der Waals surface area contributed by atoms with E-state index in [0.717, 1.165) is 0 Å². The highest BCUT2D eigenvalue weighted by molar-refractivity contribution is 6.31. The van der Waals surface area contributed by atoms with Gasteiger partial charge in [0.15, 0.2) is 5.82 Å². The number of fused-ring (bicyclic) bond motifs is 3. The van der Waals surface area contributed by atoms with Gasteiger partial charge in [-0.25, -0.2) is 4.79 Å². The number of rotatable bonds is 2. The van der Waals surface area contributed by atoms with Crippen LogP contribution in [0, 0.1) is 0 Å². The van der Waals surface area contributed by atoms with Gasteiger partial charge in [-0.05, 0) is 25.1 Å². The number of carbonyl (C=O) groups excluding carboxylic acids is 2. The van der Waals surface area contributed by atoms with Gasteiger partial charge in [-0.15, -0.1) is 10.2 Å². The Bertz CT molecular complexity index is 771. The largest absolute Gasteiger partial charge is 0.460 e. The number of carbonyl (C=O) groups is 2. The van der Waals surface area contributed by atoms with E-state index in [4.69, 9.17) is 16.3 Å². The van der Waals surface area contributed by atoms with Gasteiger partial charge >= 0.3 is 5.97 Å². The quantitative estimate of drug-likeness (QED) is 0.788. The molecule has 22 heavy (non-hydrogen) atoms. The van der Waals surface area contributed by atoms with Gasteiger partial charge in [-0.2, -0.15) is 0 Å². The fourth-order valence-corrected chi connectivity index (χ4v) is 2.53. The smallest absolute Gasteiger partial charge is 0.376 e. The molecule has 1 aliphatic heterocycles. The van der Waals surface area contributed by atoms with Crippen LogP contribution >= 0.6 is 11.6 Å². The topological polar surface area (TPSA) is 77.3 Å². The Kier molecular flexibility index (Phi) is 3.58. The van der Waals surface area contributed by atoms with Crippen LogP contribution in [0.25, 0.3) is 11.4 Å². The third-order valence-electron chi connectivity index (χ3n) is 3.44. The van der Waals surface area contributed by atoms with Crippen molar-refractivity contribution in [1.29, 1.82) is 0 Å². The van der Waals surface area contributed by atoms with Crippen LogP contribution in [0.15, 0.2) is 18.2 Å². The summed E-state index contributed by atoms with van der Waals surface area (Å²) in [5.41, 5.74) is 1.31. The van der Waals surface area contributed by atoms with Gasteiger partial charge in [0.05, 0.1) is 12.3 Å². The van der Waals surface area contributed by atoms with Crippen molar-refractivity contribution in [3.05, 3.63) is 29.0 Å². The zero-order chi connectivity index (χ0) is 15.9. The third-order valence-corrected chi connectivity index (χ3v) is 3.67. The summed E-state index contributed by atoms with van der Waals surface area (Å²) < 4.78 is 6.41. The van der Waals surface area contributed by atoms with Crippen LogP contribution in [-0.2, 0) is 16.1 Å². The standard InChI is InChI=1S/C14H13ClN4O3/c1-3-22-14(21)13-17-16-12-9-6-8(15)4-5-10(9)18(2)11(20)7-19(12)13/h4-6H,3,7H2,1-2H3. The first-order chi connectivity index (χ1) is 10.5. The second-order valence-electron chi connectivity index (χ2n) is 4.77. The molecule has 3 rings (SSSR count). The lowest BCUT2D eigenvalue weighted by Crippen LogP contribution is -2.29. The molecule has 0 saturated carbocycles. The number of ether oxygens (including phenoxy) is 1. The highest BCUT2D eigenvalue weighted by Crippen LogP contribution is 2.34. The molecule has 1 aliphatic rings. The number of benzene rings is 1. The number of anilines is 1. The Morgan fingerprint density at radius 2 is 2.18 bits per heavy atom. The monoisotopic (exact) mass is 320 g/mol. The number of likely N-dealkylation sites (N-methyl/N-ethyl adjacent to an activating group) is 1. The molecule has 0 fully saturated rings. The van der Waals surface area contributed by atoms with E-state index in [1.54, 1.807) is 32.2 Å². The van der Waals surface area contributed by atoms with E-state index in [9.17, 15) is 9.59 Å². The summed E-state index contributed by atoms with van der Waals surface area (Å²) in [6.07, 6.45) is 0. The van der Waals surface area contributed by atoms with Crippen LogP contribution in [0.2, 0.25) is 5.02 Å². The maximum Gasteiger partial charge on any atom is 0.376 e. The third kappa shape index (κ3) is 2.23. The van der Waals surface area contributed by atoms with Gasteiger partial charge in [-0.3, -0.25) is 9.36 Å². The average Bonchev–Trinajstić information content (AvgIpc) is 2.86. The van der Waals surface area contributed by atoms with Crippen LogP contribution in [0.3, 0.4) is 0 Å². The molecule has 0 spiro atoms. The van der Waals surface area contributed by atoms with E-state index in [1.807, 2.05) is 0 Å². The lowest BCUT2D eigenvalue weighted by atomic mass is 10.1. The van der Waals surface area contributed by atoms with Crippen molar-refractivity contribution in [1.82, 2.24) is 14.8 Å². The normalized spacial score (nSPS) is 13.4. The van der Waals surface area contributed by atoms with Crippen molar-refractivity contribution in [2.45, 2.75) is 13.5 Å². The van der Waals surface area contributed by atoms with E-state index < -0.39 is 5.97 Å². The molecule has 0 saturated heterocycles. The second kappa shape index (κ2) is 5.42. The van der Waals surface area contributed by atoms with Gasteiger partial charge < -0.3 is 9.64 Å². The fourth-order valence-electron chi connectivity index (χ4n) is 2.35. The molecule has 2 heterocycles. The molecule has 114 valence electrons. The Morgan fingerprint density at radius 3 is 2.91 bits per heavy atom. The highest BCUT2D eigenvalue weighted by Gasteiger charge is 2.29. The minimum Gasteiger partial charge on any atom is -0.460 e. The highest BCUT2D eigenvalue weighted by atomic mass is 35.5. The molecular formula is C14H13ClN4O3. The van der Waals surface area contributed by atoms with Crippen LogP contribution in [-0.4, -0.2) is 40.3 Å². The fraction of sp³-hybridized carbons (Fsp3) is 0.286. The number of aromatic nitrogens is 3. The first-order valence-electron chi connectivity index (χ1n) is 6.69. The van der Waals surface area contributed by atoms with Gasteiger partial charge in [0.25, 0.3) is 0 Å². The van der Waals surface area contributed by atoms with Crippen LogP contribution in [0.1, 0.15) is 17.5 Å². The molecule has 8 heteroatoms. The maximum atomic E-state index is 12.3. The van der Waals surface area contributed by atoms with Crippen molar-refractivity contribution in [2.24, 2.45) is 0 Å². The van der Waals surface area contributed by atoms with Crippen LogP contribution < -0.4 is 4.90 Å². The summed E-state index contributed by atoms with van der Waals surface area (Å²) in [4.78, 5) is 25.8. The Hall–Kier alpha value is -2.41. The van der Waals surface area contributed by atoms with Gasteiger partial charge in [0.2, 0.25) is 11.7 Å². The number of esters is 1. The van der Waals surface area contributed by atoms with E-state index in [0.29, 0.717) is 22.1 Å². The molecule has 1 aromatic carbocycles. The summed E-state index contributed by atoms with van der Waals surface area (Å²) in [6, 6.07) is 5.13. The first kappa shape index (κ1) is 14.5. The van der Waals surface area contributed by atoms with Crippen LogP contribution in [0.5, 0.6) is 0 Å². The summed E-state index contributed by atoms with van der Waals surface area (Å²) >= 11 is 6.05. The molecule has 7 nitrogen and oxygen atoms in total. The molecule has 2 aromatic rings. The summed E-state index contributed by atoms with van der Waals surface area (Å²) in [5, 5.41) is 8.42. The lowest BCUT2D eigenvalue weighted by molar-refractivity contribution is -0.118. The molecule has 1 aromatic heterocycles. The summed E-state index contributed by atoms with van der Waals surface area (Å²) in [5.74, 6) is -0.375. The van der Waals surface area contributed by atoms with E-state index in [-0.39, 0.29) is 24.9 Å². The van der Waals surface area contributed by atoms with Crippen molar-refractivity contribution < 1.29 is 14.3 Å². The number of halogens is 1. The SMILES string of the molecule is CCOC(=O)c1nnc2n1CC(=O)N(C)c1ccc(Cl)cc1-2. The number of nitrogens with zero attached hydrogens (tertiary/aromatic N) is 4. The minimum absolute atomic E-state index is 0.00595.